The van der Waals surface area contributed by atoms with E-state index in [0.717, 1.165) is 25.8 Å². The zero-order chi connectivity index (χ0) is 8.55. The molecule has 1 unspecified atom stereocenters. The quantitative estimate of drug-likeness (QED) is 0.666. The average molecular weight is 165 g/mol. The Labute approximate surface area is 72.6 Å². The largest absolute Gasteiger partial charge is 0.335 e. The molecular formula is C9H15N3. The fourth-order valence-corrected chi connectivity index (χ4v) is 1.68. The van der Waals surface area contributed by atoms with Crippen molar-refractivity contribution in [1.82, 2.24) is 9.55 Å². The number of nitrogens with two attached hydrogens (primary N) is 1. The van der Waals surface area contributed by atoms with Crippen molar-refractivity contribution in [3.8, 4) is 0 Å². The zero-order valence-electron chi connectivity index (χ0n) is 7.45. The van der Waals surface area contributed by atoms with Crippen LogP contribution in [0.5, 0.6) is 0 Å². The van der Waals surface area contributed by atoms with Crippen molar-refractivity contribution in [1.29, 1.82) is 0 Å². The highest BCUT2D eigenvalue weighted by Gasteiger charge is 2.16. The summed E-state index contributed by atoms with van der Waals surface area (Å²) in [6, 6.07) is 0.324. The summed E-state index contributed by atoms with van der Waals surface area (Å²) in [7, 11) is 0. The summed E-state index contributed by atoms with van der Waals surface area (Å²) in [6.07, 6.45) is 5.21. The van der Waals surface area contributed by atoms with Crippen molar-refractivity contribution in [2.24, 2.45) is 5.73 Å². The van der Waals surface area contributed by atoms with Gasteiger partial charge in [0.1, 0.15) is 5.82 Å². The molecule has 66 valence electrons. The van der Waals surface area contributed by atoms with E-state index in [4.69, 9.17) is 5.73 Å². The maximum absolute atomic E-state index is 5.85. The number of fused-ring (bicyclic) bond motifs is 1. The standard InChI is InChI=1S/C9H15N3/c1-2-8-6-12-4-3-7(10)5-9(12)11-8/h6-7H,2-5,10H2,1H3. The van der Waals surface area contributed by atoms with E-state index in [0.29, 0.717) is 6.04 Å². The highest BCUT2D eigenvalue weighted by Crippen LogP contribution is 2.13. The second-order valence-corrected chi connectivity index (χ2v) is 3.45. The first-order valence-corrected chi connectivity index (χ1v) is 4.60. The van der Waals surface area contributed by atoms with Gasteiger partial charge in [0.05, 0.1) is 5.69 Å². The van der Waals surface area contributed by atoms with Gasteiger partial charge in [-0.05, 0) is 12.8 Å². The fraction of sp³-hybridized carbons (Fsp3) is 0.667. The van der Waals surface area contributed by atoms with Gasteiger partial charge in [0, 0.05) is 25.2 Å². The Morgan fingerprint density at radius 3 is 3.33 bits per heavy atom. The molecule has 0 saturated carbocycles. The van der Waals surface area contributed by atoms with Crippen molar-refractivity contribution in [3.63, 3.8) is 0 Å². The number of rotatable bonds is 1. The average Bonchev–Trinajstić information content (AvgIpc) is 2.46. The van der Waals surface area contributed by atoms with E-state index in [1.807, 2.05) is 0 Å². The molecule has 2 N–H and O–H groups in total. The Hall–Kier alpha value is -0.830. The molecule has 0 aromatic carbocycles. The zero-order valence-corrected chi connectivity index (χ0v) is 7.45. The maximum Gasteiger partial charge on any atom is 0.110 e. The van der Waals surface area contributed by atoms with Crippen LogP contribution in [0.25, 0.3) is 0 Å². The Bertz CT molecular complexity index is 277. The monoisotopic (exact) mass is 165 g/mol. The van der Waals surface area contributed by atoms with Gasteiger partial charge < -0.3 is 10.3 Å². The third kappa shape index (κ3) is 1.25. The SMILES string of the molecule is CCc1cn2c(n1)CC(N)CC2. The number of nitrogens with zero attached hydrogens (tertiary/aromatic N) is 2. The number of hydrogen-bond donors (Lipinski definition) is 1. The first kappa shape index (κ1) is 7.80. The summed E-state index contributed by atoms with van der Waals surface area (Å²) < 4.78 is 2.24. The van der Waals surface area contributed by atoms with E-state index in [1.54, 1.807) is 0 Å². The van der Waals surface area contributed by atoms with Crippen molar-refractivity contribution in [2.75, 3.05) is 0 Å². The molecule has 1 atom stereocenters. The molecule has 1 aliphatic rings. The second-order valence-electron chi connectivity index (χ2n) is 3.45. The molecule has 0 saturated heterocycles. The van der Waals surface area contributed by atoms with Crippen LogP contribution in [0.2, 0.25) is 0 Å². The van der Waals surface area contributed by atoms with Gasteiger partial charge in [-0.25, -0.2) is 4.98 Å². The number of imidazole rings is 1. The third-order valence-electron chi connectivity index (χ3n) is 2.46. The molecule has 2 heterocycles. The van der Waals surface area contributed by atoms with Crippen LogP contribution in [0.15, 0.2) is 6.20 Å². The van der Waals surface area contributed by atoms with Crippen LogP contribution < -0.4 is 5.73 Å². The Kier molecular flexibility index (Phi) is 1.89. The van der Waals surface area contributed by atoms with Crippen molar-refractivity contribution < 1.29 is 0 Å². The van der Waals surface area contributed by atoms with E-state index in [-0.39, 0.29) is 0 Å². The van der Waals surface area contributed by atoms with Crippen LogP contribution in [-0.2, 0) is 19.4 Å². The highest BCUT2D eigenvalue weighted by atomic mass is 15.1. The highest BCUT2D eigenvalue weighted by molar-refractivity contribution is 5.07. The molecule has 1 aromatic rings. The molecule has 0 fully saturated rings. The minimum atomic E-state index is 0.324. The van der Waals surface area contributed by atoms with Gasteiger partial charge in [-0.2, -0.15) is 0 Å². The lowest BCUT2D eigenvalue weighted by atomic mass is 10.1. The molecule has 0 radical (unpaired) electrons. The second kappa shape index (κ2) is 2.90. The van der Waals surface area contributed by atoms with Gasteiger partial charge in [-0.1, -0.05) is 6.92 Å². The molecule has 0 spiro atoms. The van der Waals surface area contributed by atoms with Crippen molar-refractivity contribution >= 4 is 0 Å². The van der Waals surface area contributed by atoms with Crippen LogP contribution in [0.3, 0.4) is 0 Å². The number of aryl methyl sites for hydroxylation is 2. The molecule has 3 nitrogen and oxygen atoms in total. The lowest BCUT2D eigenvalue weighted by Gasteiger charge is -2.18. The lowest BCUT2D eigenvalue weighted by molar-refractivity contribution is 0.463. The molecule has 0 aliphatic carbocycles. The smallest absolute Gasteiger partial charge is 0.110 e. The predicted molar refractivity (Wildman–Crippen MR) is 47.9 cm³/mol. The molecule has 0 bridgehead atoms. The molecule has 1 aliphatic heterocycles. The number of hydrogen-bond acceptors (Lipinski definition) is 2. The summed E-state index contributed by atoms with van der Waals surface area (Å²) in [5.74, 6) is 1.17. The molecule has 0 amide bonds. The van der Waals surface area contributed by atoms with E-state index in [9.17, 15) is 0 Å². The molecule has 2 rings (SSSR count). The van der Waals surface area contributed by atoms with Gasteiger partial charge in [0.2, 0.25) is 0 Å². The van der Waals surface area contributed by atoms with Gasteiger partial charge in [-0.3, -0.25) is 0 Å². The number of aromatic nitrogens is 2. The van der Waals surface area contributed by atoms with E-state index in [1.165, 1.54) is 11.5 Å². The maximum atomic E-state index is 5.85. The Morgan fingerprint density at radius 2 is 2.58 bits per heavy atom. The molecular weight excluding hydrogens is 150 g/mol. The Balaban J connectivity index is 2.28. The van der Waals surface area contributed by atoms with Gasteiger partial charge >= 0.3 is 0 Å². The van der Waals surface area contributed by atoms with E-state index in [2.05, 4.69) is 22.7 Å². The van der Waals surface area contributed by atoms with Crippen LogP contribution >= 0.6 is 0 Å². The van der Waals surface area contributed by atoms with Crippen LogP contribution in [-0.4, -0.2) is 15.6 Å². The van der Waals surface area contributed by atoms with Crippen LogP contribution in [0.1, 0.15) is 24.9 Å². The normalized spacial score (nSPS) is 22.3. The minimum Gasteiger partial charge on any atom is -0.335 e. The summed E-state index contributed by atoms with van der Waals surface area (Å²) in [6.45, 7) is 3.18. The Morgan fingerprint density at radius 1 is 1.75 bits per heavy atom. The van der Waals surface area contributed by atoms with E-state index < -0.39 is 0 Å². The summed E-state index contributed by atoms with van der Waals surface area (Å²) in [5.41, 5.74) is 7.04. The topological polar surface area (TPSA) is 43.8 Å². The summed E-state index contributed by atoms with van der Waals surface area (Å²) in [4.78, 5) is 4.50. The summed E-state index contributed by atoms with van der Waals surface area (Å²) in [5, 5.41) is 0. The first-order valence-electron chi connectivity index (χ1n) is 4.60. The summed E-state index contributed by atoms with van der Waals surface area (Å²) >= 11 is 0. The first-order chi connectivity index (χ1) is 5.79. The fourth-order valence-electron chi connectivity index (χ4n) is 1.68. The van der Waals surface area contributed by atoms with E-state index >= 15 is 0 Å². The molecule has 12 heavy (non-hydrogen) atoms. The van der Waals surface area contributed by atoms with Crippen LogP contribution in [0.4, 0.5) is 0 Å². The molecule has 1 aromatic heterocycles. The van der Waals surface area contributed by atoms with Gasteiger partial charge in [-0.15, -0.1) is 0 Å². The van der Waals surface area contributed by atoms with Crippen molar-refractivity contribution in [3.05, 3.63) is 17.7 Å². The third-order valence-corrected chi connectivity index (χ3v) is 2.46. The predicted octanol–water partition coefficient (Wildman–Crippen LogP) is 0.719. The minimum absolute atomic E-state index is 0.324. The lowest BCUT2D eigenvalue weighted by Crippen LogP contribution is -2.30. The molecule has 3 heteroatoms. The van der Waals surface area contributed by atoms with Gasteiger partial charge in [0.15, 0.2) is 0 Å². The van der Waals surface area contributed by atoms with Crippen molar-refractivity contribution in [2.45, 2.75) is 38.8 Å². The van der Waals surface area contributed by atoms with Crippen LogP contribution in [0, 0.1) is 0 Å². The van der Waals surface area contributed by atoms with Gasteiger partial charge in [0.25, 0.3) is 0 Å².